The molecular weight excluding hydrogens is 935 g/mol. The third kappa shape index (κ3) is 6.08. The Hall–Kier alpha value is -9.96. The van der Waals surface area contributed by atoms with E-state index in [4.69, 9.17) is 9.47 Å². The quantitative estimate of drug-likeness (QED) is 0.166. The van der Waals surface area contributed by atoms with E-state index in [1.165, 1.54) is 55.6 Å². The normalized spacial score (nSPS) is 13.9. The van der Waals surface area contributed by atoms with Crippen molar-refractivity contribution in [3.63, 3.8) is 0 Å². The average Bonchev–Trinajstić information content (AvgIpc) is 3.98. The van der Waals surface area contributed by atoms with Gasteiger partial charge in [0.1, 0.15) is 23.0 Å². The molecule has 360 valence electrons. The smallest absolute Gasteiger partial charge is 0.132 e. The zero-order valence-electron chi connectivity index (χ0n) is 41.9. The lowest BCUT2D eigenvalue weighted by Crippen LogP contribution is -2.32. The highest BCUT2D eigenvalue weighted by molar-refractivity contribution is 6.02. The van der Waals surface area contributed by atoms with E-state index in [1.54, 1.807) is 0 Å². The SMILES string of the molecule is c1ccc(-c2ccc(N(c3ccccc3-c3ccc4c(c3)-c3ccccc3C43c4ccccc4Oc4ccccc43)c3ccccc3-c3cccc4c3-c3ccccc3C43c4ccccc4Oc4ccccc43)cc2)cc1. The van der Waals surface area contributed by atoms with E-state index in [-0.39, 0.29) is 0 Å². The van der Waals surface area contributed by atoms with Crippen LogP contribution in [-0.2, 0) is 10.8 Å². The van der Waals surface area contributed by atoms with Crippen molar-refractivity contribution in [3.05, 3.63) is 330 Å². The number of anilines is 3. The summed E-state index contributed by atoms with van der Waals surface area (Å²) in [5, 5.41) is 0. The van der Waals surface area contributed by atoms with Gasteiger partial charge in [0.2, 0.25) is 0 Å². The summed E-state index contributed by atoms with van der Waals surface area (Å²) in [6, 6.07) is 104. The summed E-state index contributed by atoms with van der Waals surface area (Å²) < 4.78 is 13.4. The fourth-order valence-corrected chi connectivity index (χ4v) is 13.8. The second-order valence-corrected chi connectivity index (χ2v) is 20.6. The maximum Gasteiger partial charge on any atom is 0.132 e. The maximum absolute atomic E-state index is 6.73. The van der Waals surface area contributed by atoms with Gasteiger partial charge in [0, 0.05) is 39.1 Å². The van der Waals surface area contributed by atoms with Crippen LogP contribution in [-0.4, -0.2) is 0 Å². The first-order chi connectivity index (χ1) is 38.2. The Morgan fingerprint density at radius 3 is 1.22 bits per heavy atom. The van der Waals surface area contributed by atoms with Gasteiger partial charge < -0.3 is 14.4 Å². The highest BCUT2D eigenvalue weighted by Gasteiger charge is 2.53. The summed E-state index contributed by atoms with van der Waals surface area (Å²) in [6.07, 6.45) is 0. The summed E-state index contributed by atoms with van der Waals surface area (Å²) in [5.41, 5.74) is 23.5. The molecule has 0 atom stereocenters. The van der Waals surface area contributed by atoms with Gasteiger partial charge in [-0.15, -0.1) is 0 Å². The van der Waals surface area contributed by atoms with Gasteiger partial charge in [-0.1, -0.05) is 231 Å². The highest BCUT2D eigenvalue weighted by Crippen LogP contribution is 2.65. The second kappa shape index (κ2) is 16.8. The van der Waals surface area contributed by atoms with E-state index in [9.17, 15) is 0 Å². The second-order valence-electron chi connectivity index (χ2n) is 20.6. The zero-order valence-corrected chi connectivity index (χ0v) is 41.9. The average molecular weight is 982 g/mol. The van der Waals surface area contributed by atoms with Gasteiger partial charge in [0.15, 0.2) is 0 Å². The minimum Gasteiger partial charge on any atom is -0.457 e. The van der Waals surface area contributed by atoms with Crippen molar-refractivity contribution in [1.82, 2.24) is 0 Å². The largest absolute Gasteiger partial charge is 0.457 e. The Balaban J connectivity index is 0.920. The lowest BCUT2D eigenvalue weighted by atomic mass is 9.66. The van der Waals surface area contributed by atoms with Gasteiger partial charge in [0.05, 0.1) is 22.2 Å². The molecule has 0 saturated carbocycles. The molecule has 2 aliphatic heterocycles. The van der Waals surface area contributed by atoms with E-state index in [2.05, 4.69) is 290 Å². The number of para-hydroxylation sites is 6. The van der Waals surface area contributed by atoms with E-state index in [0.29, 0.717) is 0 Å². The first kappa shape index (κ1) is 43.4. The molecule has 2 heterocycles. The summed E-state index contributed by atoms with van der Waals surface area (Å²) in [7, 11) is 0. The molecule has 0 aromatic heterocycles. The molecule has 3 heteroatoms. The van der Waals surface area contributed by atoms with Gasteiger partial charge in [-0.3, -0.25) is 0 Å². The summed E-state index contributed by atoms with van der Waals surface area (Å²) >= 11 is 0. The van der Waals surface area contributed by atoms with Crippen LogP contribution >= 0.6 is 0 Å². The van der Waals surface area contributed by atoms with Crippen LogP contribution in [0.5, 0.6) is 23.0 Å². The van der Waals surface area contributed by atoms with Crippen LogP contribution in [0.4, 0.5) is 17.1 Å². The van der Waals surface area contributed by atoms with Crippen molar-refractivity contribution < 1.29 is 9.47 Å². The van der Waals surface area contributed by atoms with Crippen molar-refractivity contribution >= 4 is 17.1 Å². The Kier molecular flexibility index (Phi) is 9.47. The van der Waals surface area contributed by atoms with Crippen LogP contribution in [0.25, 0.3) is 55.6 Å². The van der Waals surface area contributed by atoms with E-state index >= 15 is 0 Å². The molecule has 2 spiro atoms. The number of benzene rings is 12. The number of rotatable bonds is 6. The fraction of sp³-hybridized carbons (Fsp3) is 0.0270. The maximum atomic E-state index is 6.73. The van der Waals surface area contributed by atoms with Gasteiger partial charge in [-0.05, 0) is 121 Å². The number of nitrogens with zero attached hydrogens (tertiary/aromatic N) is 1. The Bertz CT molecular complexity index is 4270. The van der Waals surface area contributed by atoms with Crippen molar-refractivity contribution in [2.75, 3.05) is 4.90 Å². The van der Waals surface area contributed by atoms with Gasteiger partial charge >= 0.3 is 0 Å². The molecule has 0 N–H and O–H groups in total. The number of fused-ring (bicyclic) bond motifs is 18. The first-order valence-electron chi connectivity index (χ1n) is 26.6. The predicted molar refractivity (Wildman–Crippen MR) is 312 cm³/mol. The minimum atomic E-state index is -0.596. The fourth-order valence-electron chi connectivity index (χ4n) is 13.8. The topological polar surface area (TPSA) is 21.7 Å². The summed E-state index contributed by atoms with van der Waals surface area (Å²) in [5.74, 6) is 3.55. The summed E-state index contributed by atoms with van der Waals surface area (Å²) in [6.45, 7) is 0. The third-order valence-corrected chi connectivity index (χ3v) is 16.8. The molecule has 0 radical (unpaired) electrons. The van der Waals surface area contributed by atoms with Gasteiger partial charge in [0.25, 0.3) is 0 Å². The summed E-state index contributed by atoms with van der Waals surface area (Å²) in [4.78, 5) is 2.49. The van der Waals surface area contributed by atoms with Gasteiger partial charge in [-0.2, -0.15) is 0 Å². The Morgan fingerprint density at radius 1 is 0.234 bits per heavy atom. The van der Waals surface area contributed by atoms with Crippen LogP contribution in [0.2, 0.25) is 0 Å². The zero-order chi connectivity index (χ0) is 50.7. The Morgan fingerprint density at radius 2 is 0.623 bits per heavy atom. The molecule has 0 saturated heterocycles. The molecule has 77 heavy (non-hydrogen) atoms. The van der Waals surface area contributed by atoms with E-state index < -0.39 is 10.8 Å². The third-order valence-electron chi connectivity index (χ3n) is 16.8. The lowest BCUT2D eigenvalue weighted by Gasteiger charge is -2.39. The first-order valence-corrected chi connectivity index (χ1v) is 26.6. The lowest BCUT2D eigenvalue weighted by molar-refractivity contribution is 0.436. The highest BCUT2D eigenvalue weighted by atomic mass is 16.5. The van der Waals surface area contributed by atoms with E-state index in [0.717, 1.165) is 84.6 Å². The van der Waals surface area contributed by atoms with Crippen LogP contribution in [0.15, 0.2) is 285 Å². The predicted octanol–water partition coefficient (Wildman–Crippen LogP) is 19.1. The molecule has 0 amide bonds. The molecule has 0 unspecified atom stereocenters. The van der Waals surface area contributed by atoms with Crippen LogP contribution in [0.1, 0.15) is 44.5 Å². The molecule has 12 aromatic rings. The molecule has 0 bridgehead atoms. The molecule has 3 nitrogen and oxygen atoms in total. The van der Waals surface area contributed by atoms with Crippen molar-refractivity contribution in [2.45, 2.75) is 10.8 Å². The minimum absolute atomic E-state index is 0.553. The monoisotopic (exact) mass is 981 g/mol. The molecule has 0 fully saturated rings. The Labute approximate surface area is 448 Å². The van der Waals surface area contributed by atoms with Crippen LogP contribution < -0.4 is 14.4 Å². The number of hydrogen-bond acceptors (Lipinski definition) is 3. The van der Waals surface area contributed by atoms with Crippen molar-refractivity contribution in [1.29, 1.82) is 0 Å². The van der Waals surface area contributed by atoms with Gasteiger partial charge in [-0.25, -0.2) is 0 Å². The number of ether oxygens (including phenoxy) is 2. The van der Waals surface area contributed by atoms with E-state index in [1.807, 2.05) is 0 Å². The molecule has 2 aliphatic carbocycles. The molecule has 4 aliphatic rings. The molecular formula is C74H47NO2. The van der Waals surface area contributed by atoms with Crippen LogP contribution in [0.3, 0.4) is 0 Å². The molecule has 16 rings (SSSR count). The van der Waals surface area contributed by atoms with Crippen molar-refractivity contribution in [3.8, 4) is 78.6 Å². The molecule has 12 aromatic carbocycles. The van der Waals surface area contributed by atoms with Crippen molar-refractivity contribution in [2.24, 2.45) is 0 Å². The van der Waals surface area contributed by atoms with Crippen LogP contribution in [0, 0.1) is 0 Å². The number of hydrogen-bond donors (Lipinski definition) is 0. The standard InChI is InChI=1S/C74H47NO2/c1-2-21-48(22-3-1)49-41-44-51(45-42-49)75(66-35-14-6-23-52(66)50-43-46-60-57(47-50)53-24-4-8-28-58(53)73(60)61-30-10-16-37-68(61)76-69-38-17-11-31-62(69)73)67-36-15-7-25-54(67)55-27-20-34-65-72(55)56-26-5-9-29-59(56)74(65)63-32-12-18-39-70(63)77-71-40-19-13-33-64(71)74/h1-47H.